The minimum Gasteiger partial charge on any atom is -0.494 e. The van der Waals surface area contributed by atoms with Crippen molar-refractivity contribution in [2.75, 3.05) is 6.61 Å². The van der Waals surface area contributed by atoms with Crippen molar-refractivity contribution < 1.29 is 9.53 Å². The summed E-state index contributed by atoms with van der Waals surface area (Å²) in [6.07, 6.45) is 6.09. The summed E-state index contributed by atoms with van der Waals surface area (Å²) in [6.45, 7) is 4.66. The van der Waals surface area contributed by atoms with Gasteiger partial charge in [-0.2, -0.15) is 0 Å². The van der Waals surface area contributed by atoms with E-state index in [0.29, 0.717) is 18.6 Å². The Labute approximate surface area is 151 Å². The lowest BCUT2D eigenvalue weighted by atomic mass is 9.85. The van der Waals surface area contributed by atoms with Crippen LogP contribution >= 0.6 is 12.4 Å². The molecule has 1 aliphatic carbocycles. The quantitative estimate of drug-likeness (QED) is 0.851. The van der Waals surface area contributed by atoms with E-state index < -0.39 is 0 Å². The molecule has 4 nitrogen and oxygen atoms in total. The van der Waals surface area contributed by atoms with E-state index in [0.717, 1.165) is 17.7 Å². The van der Waals surface area contributed by atoms with Crippen molar-refractivity contribution in [1.29, 1.82) is 0 Å². The maximum absolute atomic E-state index is 12.6. The molecule has 134 valence electrons. The number of benzene rings is 1. The third-order valence-electron chi connectivity index (χ3n) is 5.21. The molecular weight excluding hydrogens is 324 g/mol. The van der Waals surface area contributed by atoms with Crippen LogP contribution < -0.4 is 15.4 Å². The zero-order chi connectivity index (χ0) is 16.2. The predicted octanol–water partition coefficient (Wildman–Crippen LogP) is 3.61. The molecule has 1 amide bonds. The molecule has 5 heteroatoms. The average Bonchev–Trinajstić information content (AvgIpc) is 2.99. The van der Waals surface area contributed by atoms with Gasteiger partial charge in [0.15, 0.2) is 0 Å². The van der Waals surface area contributed by atoms with Gasteiger partial charge in [-0.1, -0.05) is 25.0 Å². The Morgan fingerprint density at radius 2 is 2.17 bits per heavy atom. The normalized spacial score (nSPS) is 26.8. The Kier molecular flexibility index (Phi) is 6.93. The van der Waals surface area contributed by atoms with Gasteiger partial charge in [0.1, 0.15) is 5.75 Å². The average molecular weight is 353 g/mol. The van der Waals surface area contributed by atoms with Crippen LogP contribution in [0.4, 0.5) is 0 Å². The molecule has 24 heavy (non-hydrogen) atoms. The van der Waals surface area contributed by atoms with E-state index in [1.54, 1.807) is 0 Å². The number of carbonyl (C=O) groups excluding carboxylic acids is 1. The number of amides is 1. The standard InChI is InChI=1S/C19H28N2O2.ClH/c1-3-23-16-9-6-8-14(11-16)13(2)20-19(22)18-12-15-7-4-5-10-17(15)21-18;/h6,8-9,11,13,15,17-18,21H,3-5,7,10,12H2,1-2H3,(H,20,22);1H. The summed E-state index contributed by atoms with van der Waals surface area (Å²) in [5.74, 6) is 1.68. The number of carbonyl (C=O) groups is 1. The van der Waals surface area contributed by atoms with Crippen LogP contribution in [0.15, 0.2) is 24.3 Å². The van der Waals surface area contributed by atoms with Gasteiger partial charge in [-0.25, -0.2) is 0 Å². The Morgan fingerprint density at radius 1 is 1.38 bits per heavy atom. The number of hydrogen-bond acceptors (Lipinski definition) is 3. The minimum absolute atomic E-state index is 0. The first-order chi connectivity index (χ1) is 11.2. The molecule has 2 N–H and O–H groups in total. The summed E-state index contributed by atoms with van der Waals surface area (Å²) in [5.41, 5.74) is 1.08. The first-order valence-corrected chi connectivity index (χ1v) is 8.96. The highest BCUT2D eigenvalue weighted by Crippen LogP contribution is 2.33. The van der Waals surface area contributed by atoms with Gasteiger partial charge in [0.25, 0.3) is 0 Å². The van der Waals surface area contributed by atoms with Gasteiger partial charge < -0.3 is 15.4 Å². The third kappa shape index (κ3) is 4.42. The van der Waals surface area contributed by atoms with Crippen molar-refractivity contribution in [3.05, 3.63) is 29.8 Å². The van der Waals surface area contributed by atoms with Crippen molar-refractivity contribution in [1.82, 2.24) is 10.6 Å². The van der Waals surface area contributed by atoms with Gasteiger partial charge in [-0.3, -0.25) is 4.79 Å². The molecule has 1 aromatic rings. The first kappa shape index (κ1) is 19.1. The zero-order valence-electron chi connectivity index (χ0n) is 14.6. The smallest absolute Gasteiger partial charge is 0.237 e. The molecule has 4 atom stereocenters. The monoisotopic (exact) mass is 352 g/mol. The first-order valence-electron chi connectivity index (χ1n) is 8.96. The summed E-state index contributed by atoms with van der Waals surface area (Å²) < 4.78 is 5.54. The number of ether oxygens (including phenoxy) is 1. The summed E-state index contributed by atoms with van der Waals surface area (Å²) in [6, 6.07) is 8.49. The number of rotatable bonds is 5. The van der Waals surface area contributed by atoms with E-state index in [-0.39, 0.29) is 30.4 Å². The molecule has 0 spiro atoms. The van der Waals surface area contributed by atoms with Crippen molar-refractivity contribution in [2.45, 2.75) is 64.1 Å². The molecule has 2 fully saturated rings. The van der Waals surface area contributed by atoms with Crippen molar-refractivity contribution in [3.8, 4) is 5.75 Å². The number of hydrogen-bond donors (Lipinski definition) is 2. The van der Waals surface area contributed by atoms with Gasteiger partial charge in [0.05, 0.1) is 18.7 Å². The van der Waals surface area contributed by atoms with E-state index in [1.807, 2.05) is 38.1 Å². The molecule has 1 aliphatic heterocycles. The van der Waals surface area contributed by atoms with Crippen molar-refractivity contribution in [3.63, 3.8) is 0 Å². The highest BCUT2D eigenvalue weighted by Gasteiger charge is 2.38. The highest BCUT2D eigenvalue weighted by molar-refractivity contribution is 5.85. The Bertz CT molecular complexity index is 538. The molecule has 1 aromatic carbocycles. The van der Waals surface area contributed by atoms with Gasteiger partial charge >= 0.3 is 0 Å². The lowest BCUT2D eigenvalue weighted by Gasteiger charge is -2.24. The van der Waals surface area contributed by atoms with Crippen molar-refractivity contribution >= 4 is 18.3 Å². The highest BCUT2D eigenvalue weighted by atomic mass is 35.5. The molecular formula is C19H29ClN2O2. The topological polar surface area (TPSA) is 50.4 Å². The Balaban J connectivity index is 0.00000208. The van der Waals surface area contributed by atoms with Crippen LogP contribution in [0.2, 0.25) is 0 Å². The maximum Gasteiger partial charge on any atom is 0.237 e. The zero-order valence-corrected chi connectivity index (χ0v) is 15.4. The third-order valence-corrected chi connectivity index (χ3v) is 5.21. The Hall–Kier alpha value is -1.26. The molecule has 3 rings (SSSR count). The second-order valence-corrected chi connectivity index (χ2v) is 6.84. The summed E-state index contributed by atoms with van der Waals surface area (Å²) in [7, 11) is 0. The number of fused-ring (bicyclic) bond motifs is 1. The molecule has 1 saturated carbocycles. The Morgan fingerprint density at radius 3 is 2.92 bits per heavy atom. The predicted molar refractivity (Wildman–Crippen MR) is 98.7 cm³/mol. The lowest BCUT2D eigenvalue weighted by Crippen LogP contribution is -2.43. The number of halogens is 1. The molecule has 1 heterocycles. The largest absolute Gasteiger partial charge is 0.494 e. The SMILES string of the molecule is CCOc1cccc(C(C)NC(=O)C2CC3CCCCC3N2)c1.Cl. The van der Waals surface area contributed by atoms with Crippen LogP contribution in [-0.2, 0) is 4.79 Å². The van der Waals surface area contributed by atoms with Gasteiger partial charge in [-0.15, -0.1) is 12.4 Å². The van der Waals surface area contributed by atoms with E-state index in [4.69, 9.17) is 4.74 Å². The van der Waals surface area contributed by atoms with Crippen LogP contribution in [0.5, 0.6) is 5.75 Å². The molecule has 2 aliphatic rings. The molecule has 1 saturated heterocycles. The fourth-order valence-electron chi connectivity index (χ4n) is 3.96. The van der Waals surface area contributed by atoms with Gasteiger partial charge in [0, 0.05) is 6.04 Å². The fourth-order valence-corrected chi connectivity index (χ4v) is 3.96. The summed E-state index contributed by atoms with van der Waals surface area (Å²) >= 11 is 0. The van der Waals surface area contributed by atoms with E-state index in [9.17, 15) is 4.79 Å². The van der Waals surface area contributed by atoms with Crippen LogP contribution in [0, 0.1) is 5.92 Å². The molecule has 4 unspecified atom stereocenters. The second kappa shape index (κ2) is 8.72. The molecule has 0 aromatic heterocycles. The maximum atomic E-state index is 12.6. The molecule has 0 radical (unpaired) electrons. The van der Waals surface area contributed by atoms with E-state index >= 15 is 0 Å². The molecule has 0 bridgehead atoms. The van der Waals surface area contributed by atoms with Gasteiger partial charge in [0.2, 0.25) is 5.91 Å². The van der Waals surface area contributed by atoms with Gasteiger partial charge in [-0.05, 0) is 56.7 Å². The van der Waals surface area contributed by atoms with E-state index in [2.05, 4.69) is 10.6 Å². The van der Waals surface area contributed by atoms with Crippen molar-refractivity contribution in [2.24, 2.45) is 5.92 Å². The summed E-state index contributed by atoms with van der Waals surface area (Å²) in [5, 5.41) is 6.70. The van der Waals surface area contributed by atoms with E-state index in [1.165, 1.54) is 25.7 Å². The second-order valence-electron chi connectivity index (χ2n) is 6.84. The fraction of sp³-hybridized carbons (Fsp3) is 0.632. The van der Waals surface area contributed by atoms with Crippen LogP contribution in [0.25, 0.3) is 0 Å². The van der Waals surface area contributed by atoms with Crippen LogP contribution in [0.1, 0.15) is 57.6 Å². The van der Waals surface area contributed by atoms with Crippen LogP contribution in [0.3, 0.4) is 0 Å². The number of nitrogens with one attached hydrogen (secondary N) is 2. The minimum atomic E-state index is -0.0272. The summed E-state index contributed by atoms with van der Waals surface area (Å²) in [4.78, 5) is 12.6. The lowest BCUT2D eigenvalue weighted by molar-refractivity contribution is -0.123. The van der Waals surface area contributed by atoms with Crippen LogP contribution in [-0.4, -0.2) is 24.6 Å².